The molecule has 0 aliphatic heterocycles. The Morgan fingerprint density at radius 2 is 2.14 bits per heavy atom. The van der Waals surface area contributed by atoms with Crippen LogP contribution in [0.4, 0.5) is 14.6 Å². The summed E-state index contributed by atoms with van der Waals surface area (Å²) in [5.41, 5.74) is 2.21. The van der Waals surface area contributed by atoms with E-state index in [2.05, 4.69) is 31.3 Å². The molecule has 0 atom stereocenters. The Morgan fingerprint density at radius 3 is 2.77 bits per heavy atom. The Kier molecular flexibility index (Phi) is 5.30. The summed E-state index contributed by atoms with van der Waals surface area (Å²) >= 11 is 4.62. The van der Waals surface area contributed by atoms with Crippen LogP contribution in [-0.4, -0.2) is 29.2 Å². The summed E-state index contributed by atoms with van der Waals surface area (Å²) in [6.07, 6.45) is 3.37. The van der Waals surface area contributed by atoms with Crippen LogP contribution in [0.2, 0.25) is 0 Å². The zero-order valence-corrected chi connectivity index (χ0v) is 14.0. The van der Waals surface area contributed by atoms with Gasteiger partial charge in [0.2, 0.25) is 0 Å². The Labute approximate surface area is 138 Å². The minimum absolute atomic E-state index is 0.261. The number of nitrogens with zero attached hydrogens (tertiary/aromatic N) is 3. The molecule has 0 radical (unpaired) electrons. The van der Waals surface area contributed by atoms with Gasteiger partial charge in [-0.1, -0.05) is 11.8 Å². The quantitative estimate of drug-likeness (QED) is 0.495. The zero-order chi connectivity index (χ0) is 16.3. The standard InChI is InChI=1S/C13H11BrF2N4OS/c1-20(11-9(14)6-17-13(18-11)22-2)19-12(21)8-4-3-7(15)5-10(8)16/h3-6H,1-2H3,(H,19,21). The lowest BCUT2D eigenvalue weighted by molar-refractivity contribution is 0.0947. The maximum Gasteiger partial charge on any atom is 0.272 e. The molecule has 1 aromatic carbocycles. The molecule has 0 fully saturated rings. The molecule has 22 heavy (non-hydrogen) atoms. The lowest BCUT2D eigenvalue weighted by Gasteiger charge is -2.20. The first-order valence-corrected chi connectivity index (χ1v) is 8.00. The molecular weight excluding hydrogens is 378 g/mol. The molecule has 116 valence electrons. The van der Waals surface area contributed by atoms with Gasteiger partial charge in [0.1, 0.15) is 11.6 Å². The summed E-state index contributed by atoms with van der Waals surface area (Å²) in [4.78, 5) is 20.3. The van der Waals surface area contributed by atoms with Crippen LogP contribution in [0.25, 0.3) is 0 Å². The largest absolute Gasteiger partial charge is 0.272 e. The van der Waals surface area contributed by atoms with Crippen molar-refractivity contribution in [2.75, 3.05) is 18.3 Å². The highest BCUT2D eigenvalue weighted by Gasteiger charge is 2.16. The van der Waals surface area contributed by atoms with Crippen molar-refractivity contribution >= 4 is 39.4 Å². The van der Waals surface area contributed by atoms with E-state index in [-0.39, 0.29) is 5.56 Å². The van der Waals surface area contributed by atoms with Crippen LogP contribution in [0, 0.1) is 11.6 Å². The first-order valence-electron chi connectivity index (χ1n) is 5.98. The van der Waals surface area contributed by atoms with Crippen LogP contribution < -0.4 is 10.4 Å². The average Bonchev–Trinajstić information content (AvgIpc) is 2.47. The van der Waals surface area contributed by atoms with Crippen LogP contribution in [0.3, 0.4) is 0 Å². The monoisotopic (exact) mass is 388 g/mol. The molecule has 1 amide bonds. The van der Waals surface area contributed by atoms with E-state index in [4.69, 9.17) is 0 Å². The minimum atomic E-state index is -0.933. The summed E-state index contributed by atoms with van der Waals surface area (Å²) in [5.74, 6) is -1.98. The molecule has 5 nitrogen and oxygen atoms in total. The third-order valence-electron chi connectivity index (χ3n) is 2.65. The van der Waals surface area contributed by atoms with E-state index in [9.17, 15) is 13.6 Å². The summed E-state index contributed by atoms with van der Waals surface area (Å²) in [5, 5.41) is 1.85. The average molecular weight is 389 g/mol. The fraction of sp³-hybridized carbons (Fsp3) is 0.154. The number of rotatable bonds is 4. The molecule has 9 heteroatoms. The van der Waals surface area contributed by atoms with Gasteiger partial charge in [-0.25, -0.2) is 18.7 Å². The van der Waals surface area contributed by atoms with Gasteiger partial charge in [-0.15, -0.1) is 0 Å². The van der Waals surface area contributed by atoms with Crippen LogP contribution in [-0.2, 0) is 0 Å². The molecule has 1 aromatic heterocycles. The smallest absolute Gasteiger partial charge is 0.270 e. The fourth-order valence-corrected chi connectivity index (χ4v) is 2.41. The van der Waals surface area contributed by atoms with E-state index in [1.807, 2.05) is 6.26 Å². The fourth-order valence-electron chi connectivity index (χ4n) is 1.62. The second-order valence-corrected chi connectivity index (χ2v) is 5.78. The molecular formula is C13H11BrF2N4OS. The van der Waals surface area contributed by atoms with E-state index in [0.29, 0.717) is 21.5 Å². The van der Waals surface area contributed by atoms with Gasteiger partial charge in [-0.05, 0) is 34.3 Å². The van der Waals surface area contributed by atoms with E-state index >= 15 is 0 Å². The van der Waals surface area contributed by atoms with Crippen molar-refractivity contribution < 1.29 is 13.6 Å². The number of hydrogen-bond acceptors (Lipinski definition) is 5. The highest BCUT2D eigenvalue weighted by atomic mass is 79.9. The van der Waals surface area contributed by atoms with E-state index in [1.165, 1.54) is 16.8 Å². The number of hydrogen-bond donors (Lipinski definition) is 1. The molecule has 1 N–H and O–H groups in total. The van der Waals surface area contributed by atoms with Gasteiger partial charge in [0, 0.05) is 19.3 Å². The summed E-state index contributed by atoms with van der Waals surface area (Å²) in [6.45, 7) is 0. The maximum atomic E-state index is 13.6. The Bertz CT molecular complexity index is 716. The number of carbonyl (C=O) groups excluding carboxylic acids is 1. The number of carbonyl (C=O) groups is 1. The van der Waals surface area contributed by atoms with E-state index < -0.39 is 17.5 Å². The molecule has 0 aliphatic rings. The van der Waals surface area contributed by atoms with Crippen molar-refractivity contribution in [3.05, 3.63) is 46.1 Å². The molecule has 2 aromatic rings. The van der Waals surface area contributed by atoms with Crippen LogP contribution >= 0.6 is 27.7 Å². The number of anilines is 1. The van der Waals surface area contributed by atoms with Crippen molar-refractivity contribution in [3.63, 3.8) is 0 Å². The van der Waals surface area contributed by atoms with Crippen molar-refractivity contribution in [3.8, 4) is 0 Å². The second kappa shape index (κ2) is 7.01. The summed E-state index contributed by atoms with van der Waals surface area (Å²) < 4.78 is 27.0. The minimum Gasteiger partial charge on any atom is -0.270 e. The van der Waals surface area contributed by atoms with Crippen LogP contribution in [0.1, 0.15) is 10.4 Å². The van der Waals surface area contributed by atoms with Gasteiger partial charge < -0.3 is 0 Å². The van der Waals surface area contributed by atoms with Gasteiger partial charge in [0.15, 0.2) is 11.0 Å². The number of halogens is 3. The number of hydrazine groups is 1. The van der Waals surface area contributed by atoms with Gasteiger partial charge in [-0.3, -0.25) is 15.2 Å². The third-order valence-corrected chi connectivity index (χ3v) is 3.77. The van der Waals surface area contributed by atoms with E-state index in [1.54, 1.807) is 13.2 Å². The van der Waals surface area contributed by atoms with E-state index in [0.717, 1.165) is 12.1 Å². The molecule has 0 unspecified atom stereocenters. The Balaban J connectivity index is 2.21. The molecule has 0 saturated heterocycles. The SMILES string of the molecule is CSc1ncc(Br)c(N(C)NC(=O)c2ccc(F)cc2F)n1. The normalized spacial score (nSPS) is 10.4. The number of benzene rings is 1. The molecule has 1 heterocycles. The number of aromatic nitrogens is 2. The highest BCUT2D eigenvalue weighted by Crippen LogP contribution is 2.23. The Hall–Kier alpha value is -1.74. The third kappa shape index (κ3) is 3.72. The topological polar surface area (TPSA) is 58.1 Å². The van der Waals surface area contributed by atoms with Crippen molar-refractivity contribution in [2.24, 2.45) is 0 Å². The van der Waals surface area contributed by atoms with Gasteiger partial charge in [0.25, 0.3) is 5.91 Å². The van der Waals surface area contributed by atoms with Crippen molar-refractivity contribution in [1.82, 2.24) is 15.4 Å². The Morgan fingerprint density at radius 1 is 1.41 bits per heavy atom. The first-order chi connectivity index (χ1) is 10.4. The molecule has 0 spiro atoms. The lowest BCUT2D eigenvalue weighted by Crippen LogP contribution is -2.40. The first kappa shape index (κ1) is 16.6. The van der Waals surface area contributed by atoms with Crippen LogP contribution in [0.15, 0.2) is 34.0 Å². The molecule has 0 saturated carbocycles. The predicted octanol–water partition coefficient (Wildman–Crippen LogP) is 3.02. The van der Waals surface area contributed by atoms with Crippen molar-refractivity contribution in [1.29, 1.82) is 0 Å². The van der Waals surface area contributed by atoms with Gasteiger partial charge >= 0.3 is 0 Å². The number of amides is 1. The lowest BCUT2D eigenvalue weighted by atomic mass is 10.2. The van der Waals surface area contributed by atoms with Gasteiger partial charge in [-0.2, -0.15) is 0 Å². The zero-order valence-electron chi connectivity index (χ0n) is 11.6. The maximum absolute atomic E-state index is 13.6. The highest BCUT2D eigenvalue weighted by molar-refractivity contribution is 9.10. The van der Waals surface area contributed by atoms with Gasteiger partial charge in [0.05, 0.1) is 10.0 Å². The summed E-state index contributed by atoms with van der Waals surface area (Å²) in [6, 6.07) is 2.75. The molecule has 0 aliphatic carbocycles. The summed E-state index contributed by atoms with van der Waals surface area (Å²) in [7, 11) is 1.55. The second-order valence-electron chi connectivity index (χ2n) is 4.15. The van der Waals surface area contributed by atoms with Crippen molar-refractivity contribution in [2.45, 2.75) is 5.16 Å². The van der Waals surface area contributed by atoms with Crippen LogP contribution in [0.5, 0.6) is 0 Å². The number of nitrogens with one attached hydrogen (secondary N) is 1. The predicted molar refractivity (Wildman–Crippen MR) is 83.7 cm³/mol. The number of thioether (sulfide) groups is 1. The molecule has 0 bridgehead atoms. The molecule has 2 rings (SSSR count).